The summed E-state index contributed by atoms with van der Waals surface area (Å²) in [5.74, 6) is 0. The van der Waals surface area contributed by atoms with Crippen molar-refractivity contribution in [3.63, 3.8) is 0 Å². The van der Waals surface area contributed by atoms with Crippen molar-refractivity contribution in [1.82, 2.24) is 0 Å². The number of nitrogens with zero attached hydrogens (tertiary/aromatic N) is 1. The minimum Gasteiger partial charge on any atom is -0.628 e. The second kappa shape index (κ2) is 17.0. The lowest BCUT2D eigenvalue weighted by Gasteiger charge is -2.23. The van der Waals surface area contributed by atoms with Crippen LogP contribution >= 0.6 is 7.77 Å². The van der Waals surface area contributed by atoms with Crippen LogP contribution < -0.4 is 4.89 Å². The van der Waals surface area contributed by atoms with Crippen molar-refractivity contribution in [2.75, 3.05) is 27.7 Å². The third-order valence-electron chi connectivity index (χ3n) is 5.21. The van der Waals surface area contributed by atoms with Crippen LogP contribution in [0.1, 0.15) is 110 Å². The minimum absolute atomic E-state index is 0.166. The molecule has 0 saturated carbocycles. The van der Waals surface area contributed by atoms with Gasteiger partial charge < -0.3 is 14.5 Å². The molecule has 0 fully saturated rings. The van der Waals surface area contributed by atoms with E-state index in [0.717, 1.165) is 25.7 Å². The van der Waals surface area contributed by atoms with Crippen LogP contribution in [-0.2, 0) is 0 Å². The smallest absolute Gasteiger partial charge is 0.274 e. The Kier molecular flexibility index (Phi) is 17.0. The number of aliphatic hydroxyl groups is 1. The SMILES string of the molecule is CCCCCCCCCCCCCCC(CCC)/[P+]([O-])=C(\O)C[N+](C)(C)C. The van der Waals surface area contributed by atoms with Crippen molar-refractivity contribution in [2.24, 2.45) is 0 Å². The van der Waals surface area contributed by atoms with E-state index in [0.29, 0.717) is 11.0 Å². The van der Waals surface area contributed by atoms with E-state index in [1.807, 2.05) is 21.1 Å². The van der Waals surface area contributed by atoms with Gasteiger partial charge in [-0.25, -0.2) is 0 Å². The molecule has 0 radical (unpaired) electrons. The highest BCUT2D eigenvalue weighted by Gasteiger charge is 2.24. The Balaban J connectivity index is 3.89. The molecule has 0 aliphatic heterocycles. The fourth-order valence-corrected chi connectivity index (χ4v) is 5.53. The molecule has 0 bridgehead atoms. The Hall–Kier alpha value is 0.0500. The zero-order chi connectivity index (χ0) is 20.5. The number of rotatable bonds is 18. The Bertz CT molecular complexity index is 377. The number of unbranched alkanes of at least 4 members (excludes halogenated alkanes) is 11. The van der Waals surface area contributed by atoms with Gasteiger partial charge in [-0.1, -0.05) is 90.9 Å². The summed E-state index contributed by atoms with van der Waals surface area (Å²) >= 11 is 0. The van der Waals surface area contributed by atoms with Crippen molar-refractivity contribution in [3.8, 4) is 0 Å². The zero-order valence-electron chi connectivity index (χ0n) is 19.1. The molecule has 2 unspecified atom stereocenters. The molecule has 162 valence electrons. The second-order valence-corrected chi connectivity index (χ2v) is 11.2. The fourth-order valence-electron chi connectivity index (χ4n) is 3.64. The maximum absolute atomic E-state index is 12.7. The maximum Gasteiger partial charge on any atom is 0.274 e. The summed E-state index contributed by atoms with van der Waals surface area (Å²) in [6, 6.07) is 0. The van der Waals surface area contributed by atoms with E-state index in [-0.39, 0.29) is 11.1 Å². The topological polar surface area (TPSA) is 43.3 Å². The van der Waals surface area contributed by atoms with Crippen LogP contribution in [0.5, 0.6) is 0 Å². The van der Waals surface area contributed by atoms with E-state index >= 15 is 0 Å². The van der Waals surface area contributed by atoms with Gasteiger partial charge in [-0.2, -0.15) is 0 Å². The minimum atomic E-state index is -1.61. The summed E-state index contributed by atoms with van der Waals surface area (Å²) in [6.45, 7) is 4.91. The monoisotopic (exact) mass is 402 g/mol. The average Bonchev–Trinajstić information content (AvgIpc) is 2.59. The van der Waals surface area contributed by atoms with E-state index in [4.69, 9.17) is 0 Å². The van der Waals surface area contributed by atoms with Crippen molar-refractivity contribution in [1.29, 1.82) is 0 Å². The van der Waals surface area contributed by atoms with Gasteiger partial charge in [0, 0.05) is 0 Å². The second-order valence-electron chi connectivity index (χ2n) is 9.31. The van der Waals surface area contributed by atoms with Crippen molar-refractivity contribution in [3.05, 3.63) is 0 Å². The normalized spacial score (nSPS) is 14.3. The standard InChI is InChI=1S/C23H48NO2P/c1-6-8-9-10-11-12-13-14-15-16-17-18-20-22(19-7-2)27(26)23(25)21-24(3,4)5/h22H,6-21H2,1-5H3/p+1. The molecule has 0 aliphatic carbocycles. The quantitative estimate of drug-likeness (QED) is 0.168. The molecule has 0 rings (SSSR count). The Morgan fingerprint density at radius 3 is 1.59 bits per heavy atom. The molecule has 0 aromatic heterocycles. The van der Waals surface area contributed by atoms with Gasteiger partial charge in [0.2, 0.25) is 0 Å². The van der Waals surface area contributed by atoms with Crippen LogP contribution in [0.25, 0.3) is 0 Å². The largest absolute Gasteiger partial charge is 0.628 e. The molecule has 0 spiro atoms. The number of hydrogen-bond acceptors (Lipinski definition) is 1. The van der Waals surface area contributed by atoms with E-state index in [1.165, 1.54) is 70.6 Å². The van der Waals surface area contributed by atoms with Crippen LogP contribution in [0.4, 0.5) is 0 Å². The fraction of sp³-hybridized carbons (Fsp3) is 0.957. The number of likely N-dealkylation sites (N-methyl/N-ethyl adjacent to an activating group) is 1. The molecular formula is C23H49NO2P+. The lowest BCUT2D eigenvalue weighted by molar-refractivity contribution is -0.861. The number of quaternary nitrogens is 1. The molecular weight excluding hydrogens is 353 g/mol. The third-order valence-corrected chi connectivity index (χ3v) is 7.04. The Morgan fingerprint density at radius 1 is 0.741 bits per heavy atom. The van der Waals surface area contributed by atoms with Gasteiger partial charge in [-0.3, -0.25) is 0 Å². The molecule has 1 N–H and O–H groups in total. The third kappa shape index (κ3) is 16.7. The highest BCUT2D eigenvalue weighted by molar-refractivity contribution is 7.52. The Labute approximate surface area is 171 Å². The number of hydrogen-bond donors (Lipinski definition) is 1. The molecule has 3 nitrogen and oxygen atoms in total. The van der Waals surface area contributed by atoms with Gasteiger partial charge in [0.15, 0.2) is 6.54 Å². The molecule has 27 heavy (non-hydrogen) atoms. The van der Waals surface area contributed by atoms with Gasteiger partial charge in [0.05, 0.1) is 28.9 Å². The van der Waals surface area contributed by atoms with E-state index in [9.17, 15) is 10.00 Å². The van der Waals surface area contributed by atoms with E-state index < -0.39 is 7.77 Å². The van der Waals surface area contributed by atoms with Crippen molar-refractivity contribution < 1.29 is 14.5 Å². The maximum atomic E-state index is 12.7. The summed E-state index contributed by atoms with van der Waals surface area (Å²) in [7, 11) is 4.47. The Morgan fingerprint density at radius 2 is 1.19 bits per heavy atom. The van der Waals surface area contributed by atoms with Crippen LogP contribution in [0.3, 0.4) is 0 Å². The van der Waals surface area contributed by atoms with Crippen LogP contribution in [-0.4, -0.2) is 48.4 Å². The van der Waals surface area contributed by atoms with Crippen molar-refractivity contribution in [2.45, 2.75) is 116 Å². The van der Waals surface area contributed by atoms with Gasteiger partial charge in [-0.05, 0) is 19.3 Å². The van der Waals surface area contributed by atoms with E-state index in [2.05, 4.69) is 13.8 Å². The van der Waals surface area contributed by atoms with Gasteiger partial charge in [0.1, 0.15) is 5.66 Å². The van der Waals surface area contributed by atoms with Gasteiger partial charge in [0.25, 0.3) is 5.48 Å². The molecule has 0 aliphatic rings. The first-order valence-corrected chi connectivity index (χ1v) is 13.0. The summed E-state index contributed by atoms with van der Waals surface area (Å²) in [5, 5.41) is 10.3. The van der Waals surface area contributed by atoms with Crippen LogP contribution in [0.2, 0.25) is 0 Å². The zero-order valence-corrected chi connectivity index (χ0v) is 20.0. The van der Waals surface area contributed by atoms with E-state index in [1.54, 1.807) is 0 Å². The lowest BCUT2D eigenvalue weighted by Crippen LogP contribution is -2.40. The molecule has 0 aromatic rings. The van der Waals surface area contributed by atoms with Crippen LogP contribution in [0.15, 0.2) is 0 Å². The molecule has 0 saturated heterocycles. The lowest BCUT2D eigenvalue weighted by atomic mass is 10.0. The summed E-state index contributed by atoms with van der Waals surface area (Å²) in [6.07, 6.45) is 19.2. The summed E-state index contributed by atoms with van der Waals surface area (Å²) in [4.78, 5) is 12.7. The average molecular weight is 403 g/mol. The first kappa shape index (κ1) is 27.0. The molecule has 2 atom stereocenters. The molecule has 0 amide bonds. The molecule has 4 heteroatoms. The first-order chi connectivity index (χ1) is 12.8. The van der Waals surface area contributed by atoms with Crippen molar-refractivity contribution >= 4 is 13.3 Å². The van der Waals surface area contributed by atoms with Crippen LogP contribution in [0, 0.1) is 0 Å². The summed E-state index contributed by atoms with van der Waals surface area (Å²) < 4.78 is 0.629. The highest BCUT2D eigenvalue weighted by atomic mass is 31.1. The highest BCUT2D eigenvalue weighted by Crippen LogP contribution is 2.31. The van der Waals surface area contributed by atoms with Gasteiger partial charge in [-0.15, -0.1) is 0 Å². The predicted molar refractivity (Wildman–Crippen MR) is 121 cm³/mol. The first-order valence-electron chi connectivity index (χ1n) is 11.6. The van der Waals surface area contributed by atoms with Gasteiger partial charge >= 0.3 is 0 Å². The summed E-state index contributed by atoms with van der Waals surface area (Å²) in [5.41, 5.74) is 0.384. The molecule has 0 heterocycles. The number of aliphatic hydroxyl groups excluding tert-OH is 1. The predicted octanol–water partition coefficient (Wildman–Crippen LogP) is 6.21. The molecule has 0 aromatic carbocycles.